The Bertz CT molecular complexity index is 422. The summed E-state index contributed by atoms with van der Waals surface area (Å²) in [5, 5.41) is 0. The summed E-state index contributed by atoms with van der Waals surface area (Å²) in [7, 11) is 0. The minimum atomic E-state index is -4.50. The van der Waals surface area contributed by atoms with E-state index in [-0.39, 0.29) is 5.56 Å². The molecule has 0 saturated carbocycles. The van der Waals surface area contributed by atoms with Crippen LogP contribution in [0.4, 0.5) is 13.2 Å². The molecule has 0 aromatic carbocycles. The molecule has 0 bridgehead atoms. The lowest BCUT2D eigenvalue weighted by molar-refractivity contribution is -0.141. The third-order valence-electron chi connectivity index (χ3n) is 1.99. The van der Waals surface area contributed by atoms with Gasteiger partial charge in [-0.05, 0) is 47.6 Å². The van der Waals surface area contributed by atoms with E-state index in [9.17, 15) is 18.0 Å². The number of H-pyrrole nitrogens is 1. The quantitative estimate of drug-likeness (QED) is 0.733. The maximum absolute atomic E-state index is 12.4. The molecule has 1 N–H and O–H groups in total. The van der Waals surface area contributed by atoms with Gasteiger partial charge in [-0.15, -0.1) is 0 Å². The highest BCUT2D eigenvalue weighted by Gasteiger charge is 2.34. The SMILES string of the molecule is Cc1c(C(F)(F)F)[nH]c(=O)c(I)c1C. The lowest BCUT2D eigenvalue weighted by Gasteiger charge is -2.12. The molecule has 1 aromatic rings. The standard InChI is InChI=1S/C8H7F3INO/c1-3-4(2)6(8(9,10)11)13-7(14)5(3)12/h1-2H3,(H,13,14). The molecule has 1 rings (SSSR count). The van der Waals surface area contributed by atoms with Gasteiger partial charge in [-0.2, -0.15) is 13.2 Å². The van der Waals surface area contributed by atoms with Crippen molar-refractivity contribution in [3.05, 3.63) is 30.7 Å². The Hall–Kier alpha value is -0.530. The molecule has 1 heterocycles. The molecule has 14 heavy (non-hydrogen) atoms. The van der Waals surface area contributed by atoms with Crippen LogP contribution in [0.1, 0.15) is 16.8 Å². The topological polar surface area (TPSA) is 32.9 Å². The van der Waals surface area contributed by atoms with E-state index >= 15 is 0 Å². The van der Waals surface area contributed by atoms with Crippen molar-refractivity contribution >= 4 is 22.6 Å². The van der Waals surface area contributed by atoms with E-state index in [2.05, 4.69) is 0 Å². The fourth-order valence-corrected chi connectivity index (χ4v) is 1.61. The fraction of sp³-hybridized carbons (Fsp3) is 0.375. The number of halogens is 4. The number of hydrogen-bond donors (Lipinski definition) is 1. The van der Waals surface area contributed by atoms with E-state index in [1.807, 2.05) is 4.98 Å². The van der Waals surface area contributed by atoms with Gasteiger partial charge in [0.05, 0.1) is 3.57 Å². The monoisotopic (exact) mass is 317 g/mol. The Morgan fingerprint density at radius 2 is 1.71 bits per heavy atom. The van der Waals surface area contributed by atoms with Crippen molar-refractivity contribution < 1.29 is 13.2 Å². The van der Waals surface area contributed by atoms with Gasteiger partial charge >= 0.3 is 6.18 Å². The molecule has 0 spiro atoms. The van der Waals surface area contributed by atoms with E-state index in [0.29, 0.717) is 9.13 Å². The predicted molar refractivity (Wildman–Crippen MR) is 54.3 cm³/mol. The van der Waals surface area contributed by atoms with Crippen molar-refractivity contribution in [2.75, 3.05) is 0 Å². The maximum Gasteiger partial charge on any atom is 0.431 e. The summed E-state index contributed by atoms with van der Waals surface area (Å²) in [5.41, 5.74) is -1.20. The molecule has 2 nitrogen and oxygen atoms in total. The zero-order valence-electron chi connectivity index (χ0n) is 7.42. The summed E-state index contributed by atoms with van der Waals surface area (Å²) in [4.78, 5) is 12.9. The van der Waals surface area contributed by atoms with Crippen LogP contribution in [0.15, 0.2) is 4.79 Å². The lowest BCUT2D eigenvalue weighted by Crippen LogP contribution is -2.22. The van der Waals surface area contributed by atoms with Crippen molar-refractivity contribution in [2.24, 2.45) is 0 Å². The van der Waals surface area contributed by atoms with Crippen molar-refractivity contribution in [3.8, 4) is 0 Å². The average molecular weight is 317 g/mol. The summed E-state index contributed by atoms with van der Waals surface area (Å²) in [6, 6.07) is 0. The molecular weight excluding hydrogens is 310 g/mol. The molecule has 0 radical (unpaired) electrons. The number of aromatic amines is 1. The second-order valence-electron chi connectivity index (χ2n) is 2.89. The van der Waals surface area contributed by atoms with Crippen LogP contribution in [-0.2, 0) is 6.18 Å². The van der Waals surface area contributed by atoms with Crippen molar-refractivity contribution in [2.45, 2.75) is 20.0 Å². The van der Waals surface area contributed by atoms with Crippen LogP contribution in [0.3, 0.4) is 0 Å². The van der Waals surface area contributed by atoms with Crippen molar-refractivity contribution in [1.82, 2.24) is 4.98 Å². The zero-order chi connectivity index (χ0) is 11.1. The Kier molecular flexibility index (Phi) is 2.93. The van der Waals surface area contributed by atoms with Gasteiger partial charge in [0.1, 0.15) is 5.69 Å². The first-order valence-corrected chi connectivity index (χ1v) is 4.79. The second-order valence-corrected chi connectivity index (χ2v) is 3.97. The van der Waals surface area contributed by atoms with Crippen LogP contribution in [0.25, 0.3) is 0 Å². The summed E-state index contributed by atoms with van der Waals surface area (Å²) >= 11 is 1.73. The molecule has 0 unspecified atom stereocenters. The predicted octanol–water partition coefficient (Wildman–Crippen LogP) is 2.62. The second kappa shape index (κ2) is 3.56. The number of hydrogen-bond acceptors (Lipinski definition) is 1. The number of nitrogens with one attached hydrogen (secondary N) is 1. The van der Waals surface area contributed by atoms with Gasteiger partial charge in [0, 0.05) is 0 Å². The highest BCUT2D eigenvalue weighted by Crippen LogP contribution is 2.31. The van der Waals surface area contributed by atoms with Crippen LogP contribution in [0.2, 0.25) is 0 Å². The van der Waals surface area contributed by atoms with Crippen LogP contribution in [0.5, 0.6) is 0 Å². The molecule has 0 aliphatic rings. The average Bonchev–Trinajstić information content (AvgIpc) is 2.06. The molecular formula is C8H7F3INO. The summed E-state index contributed by atoms with van der Waals surface area (Å²) < 4.78 is 37.4. The number of aromatic nitrogens is 1. The summed E-state index contributed by atoms with van der Waals surface area (Å²) in [6.45, 7) is 2.85. The molecule has 0 atom stereocenters. The molecule has 6 heteroatoms. The van der Waals surface area contributed by atoms with E-state index in [0.717, 1.165) is 0 Å². The van der Waals surface area contributed by atoms with Crippen LogP contribution >= 0.6 is 22.6 Å². The van der Waals surface area contributed by atoms with E-state index in [1.165, 1.54) is 13.8 Å². The van der Waals surface area contributed by atoms with Gasteiger partial charge in [0.15, 0.2) is 0 Å². The van der Waals surface area contributed by atoms with Crippen LogP contribution < -0.4 is 5.56 Å². The summed E-state index contributed by atoms with van der Waals surface area (Å²) in [5.74, 6) is 0. The smallest absolute Gasteiger partial charge is 0.317 e. The van der Waals surface area contributed by atoms with Gasteiger partial charge in [0.2, 0.25) is 0 Å². The van der Waals surface area contributed by atoms with E-state index in [1.54, 1.807) is 22.6 Å². The van der Waals surface area contributed by atoms with Gasteiger partial charge in [-0.1, -0.05) is 0 Å². The third kappa shape index (κ3) is 1.94. The first-order valence-electron chi connectivity index (χ1n) is 3.71. The zero-order valence-corrected chi connectivity index (χ0v) is 9.58. The van der Waals surface area contributed by atoms with Crippen LogP contribution in [0, 0.1) is 17.4 Å². The molecule has 78 valence electrons. The van der Waals surface area contributed by atoms with E-state index in [4.69, 9.17) is 0 Å². The van der Waals surface area contributed by atoms with Crippen LogP contribution in [-0.4, -0.2) is 4.98 Å². The van der Waals surface area contributed by atoms with Crippen molar-refractivity contribution in [1.29, 1.82) is 0 Å². The number of alkyl halides is 3. The maximum atomic E-state index is 12.4. The van der Waals surface area contributed by atoms with E-state index < -0.39 is 17.4 Å². The molecule has 0 saturated heterocycles. The first kappa shape index (κ1) is 11.5. The largest absolute Gasteiger partial charge is 0.431 e. The molecule has 0 aliphatic carbocycles. The minimum Gasteiger partial charge on any atom is -0.317 e. The number of rotatable bonds is 0. The van der Waals surface area contributed by atoms with Gasteiger partial charge in [-0.3, -0.25) is 4.79 Å². The Morgan fingerprint density at radius 3 is 2.14 bits per heavy atom. The Labute approximate surface area is 91.7 Å². The molecule has 1 aromatic heterocycles. The van der Waals surface area contributed by atoms with Crippen molar-refractivity contribution in [3.63, 3.8) is 0 Å². The minimum absolute atomic E-state index is 0.0708. The third-order valence-corrected chi connectivity index (χ3v) is 3.29. The van der Waals surface area contributed by atoms with Gasteiger partial charge in [-0.25, -0.2) is 0 Å². The molecule has 0 amide bonds. The molecule has 0 aliphatic heterocycles. The lowest BCUT2D eigenvalue weighted by atomic mass is 10.1. The first-order chi connectivity index (χ1) is 6.25. The van der Waals surface area contributed by atoms with Gasteiger partial charge in [0.25, 0.3) is 5.56 Å². The molecule has 0 fully saturated rings. The fourth-order valence-electron chi connectivity index (χ4n) is 1.07. The highest BCUT2D eigenvalue weighted by molar-refractivity contribution is 14.1. The number of pyridine rings is 1. The Balaban J connectivity index is 3.57. The Morgan fingerprint density at radius 1 is 1.21 bits per heavy atom. The summed E-state index contributed by atoms with van der Waals surface area (Å²) in [6.07, 6.45) is -4.50. The highest BCUT2D eigenvalue weighted by atomic mass is 127. The normalized spacial score (nSPS) is 11.9. The van der Waals surface area contributed by atoms with Gasteiger partial charge < -0.3 is 4.98 Å².